The Balaban J connectivity index is 1.99. The van der Waals surface area contributed by atoms with Gasteiger partial charge in [0.05, 0.1) is 12.4 Å². The van der Waals surface area contributed by atoms with Crippen molar-refractivity contribution >= 4 is 23.7 Å². The summed E-state index contributed by atoms with van der Waals surface area (Å²) in [6.45, 7) is 5.07. The first kappa shape index (κ1) is 28.3. The van der Waals surface area contributed by atoms with Gasteiger partial charge >= 0.3 is 5.97 Å². The SMILES string of the molecule is CCC(C)C(NC(=O)C(N)Cc1cnc[nH]1)C(=O)NC(C)C(=O)NC(Cc1ccc(O)cc1)C(=O)O. The van der Waals surface area contributed by atoms with E-state index in [1.807, 2.05) is 6.92 Å². The van der Waals surface area contributed by atoms with Crippen LogP contribution in [0.4, 0.5) is 0 Å². The van der Waals surface area contributed by atoms with E-state index in [4.69, 9.17) is 5.73 Å². The second-order valence-electron chi connectivity index (χ2n) is 8.76. The van der Waals surface area contributed by atoms with Gasteiger partial charge in [0.15, 0.2) is 0 Å². The Morgan fingerprint density at radius 1 is 1.00 bits per heavy atom. The molecule has 12 heteroatoms. The number of nitrogens with two attached hydrogens (primary N) is 1. The quantitative estimate of drug-likeness (QED) is 0.196. The number of hydrogen-bond acceptors (Lipinski definition) is 7. The summed E-state index contributed by atoms with van der Waals surface area (Å²) in [5.74, 6) is -3.27. The minimum atomic E-state index is -1.24. The summed E-state index contributed by atoms with van der Waals surface area (Å²) in [4.78, 5) is 56.7. The molecule has 8 N–H and O–H groups in total. The number of imidazole rings is 1. The van der Waals surface area contributed by atoms with Crippen molar-refractivity contribution in [3.05, 3.63) is 48.0 Å². The molecule has 1 aromatic heterocycles. The maximum atomic E-state index is 13.0. The number of carbonyl (C=O) groups is 4. The number of hydrogen-bond donors (Lipinski definition) is 7. The second-order valence-corrected chi connectivity index (χ2v) is 8.76. The Bertz CT molecular complexity index is 1030. The standard InChI is InChI=1S/C24H34N6O6/c1-4-13(2)20(30-22(33)18(25)10-16-11-26-12-27-16)23(34)28-14(3)21(32)29-19(24(35)36)9-15-5-7-17(31)8-6-15/h5-8,11-14,18-20,31H,4,9-10,25H2,1-3H3,(H,26,27)(H,28,34)(H,29,32)(H,30,33)(H,35,36). The van der Waals surface area contributed by atoms with Crippen molar-refractivity contribution in [2.24, 2.45) is 11.7 Å². The fraction of sp³-hybridized carbons (Fsp3) is 0.458. The van der Waals surface area contributed by atoms with Crippen LogP contribution in [0.5, 0.6) is 5.75 Å². The van der Waals surface area contributed by atoms with Crippen molar-refractivity contribution in [2.75, 3.05) is 0 Å². The molecule has 0 bridgehead atoms. The smallest absolute Gasteiger partial charge is 0.326 e. The number of benzene rings is 1. The number of phenolic OH excluding ortho intramolecular Hbond substituents is 1. The van der Waals surface area contributed by atoms with Crippen LogP contribution in [0.25, 0.3) is 0 Å². The summed E-state index contributed by atoms with van der Waals surface area (Å²) in [7, 11) is 0. The van der Waals surface area contributed by atoms with Crippen LogP contribution in [-0.2, 0) is 32.0 Å². The molecule has 196 valence electrons. The summed E-state index contributed by atoms with van der Waals surface area (Å²) in [6, 6.07) is 1.78. The van der Waals surface area contributed by atoms with Gasteiger partial charge in [-0.3, -0.25) is 14.4 Å². The van der Waals surface area contributed by atoms with E-state index >= 15 is 0 Å². The molecule has 1 aromatic carbocycles. The first-order chi connectivity index (χ1) is 17.0. The highest BCUT2D eigenvalue weighted by atomic mass is 16.4. The molecule has 0 aliphatic carbocycles. The molecule has 1 heterocycles. The predicted molar refractivity (Wildman–Crippen MR) is 131 cm³/mol. The van der Waals surface area contributed by atoms with E-state index in [1.54, 1.807) is 25.3 Å². The van der Waals surface area contributed by atoms with Crippen molar-refractivity contribution in [1.29, 1.82) is 0 Å². The molecule has 0 radical (unpaired) electrons. The van der Waals surface area contributed by atoms with Crippen molar-refractivity contribution in [1.82, 2.24) is 25.9 Å². The van der Waals surface area contributed by atoms with E-state index in [9.17, 15) is 29.4 Å². The van der Waals surface area contributed by atoms with Gasteiger partial charge in [-0.2, -0.15) is 0 Å². The van der Waals surface area contributed by atoms with E-state index in [0.717, 1.165) is 0 Å². The highest BCUT2D eigenvalue weighted by molar-refractivity contribution is 5.94. The lowest BCUT2D eigenvalue weighted by Crippen LogP contribution is -2.58. The van der Waals surface area contributed by atoms with Gasteiger partial charge in [-0.25, -0.2) is 9.78 Å². The molecule has 5 atom stereocenters. The highest BCUT2D eigenvalue weighted by Crippen LogP contribution is 2.12. The molecule has 2 rings (SSSR count). The van der Waals surface area contributed by atoms with Gasteiger partial charge in [0.2, 0.25) is 17.7 Å². The molecule has 0 spiro atoms. The third-order valence-electron chi connectivity index (χ3n) is 5.87. The van der Waals surface area contributed by atoms with Crippen LogP contribution in [0, 0.1) is 5.92 Å². The summed E-state index contributed by atoms with van der Waals surface area (Å²) in [5.41, 5.74) is 7.25. The molecule has 5 unspecified atom stereocenters. The topological polar surface area (TPSA) is 200 Å². The third-order valence-corrected chi connectivity index (χ3v) is 5.87. The molecule has 2 aromatic rings. The lowest BCUT2D eigenvalue weighted by Gasteiger charge is -2.27. The normalized spacial score (nSPS) is 15.1. The van der Waals surface area contributed by atoms with Gasteiger partial charge in [-0.05, 0) is 30.5 Å². The molecule has 0 saturated heterocycles. The summed E-state index contributed by atoms with van der Waals surface area (Å²) < 4.78 is 0. The number of phenols is 1. The van der Waals surface area contributed by atoms with Crippen molar-refractivity contribution in [3.8, 4) is 5.75 Å². The van der Waals surface area contributed by atoms with Crippen LogP contribution in [0.3, 0.4) is 0 Å². The zero-order valence-corrected chi connectivity index (χ0v) is 20.5. The Morgan fingerprint density at radius 3 is 2.22 bits per heavy atom. The highest BCUT2D eigenvalue weighted by Gasteiger charge is 2.31. The zero-order chi connectivity index (χ0) is 26.8. The van der Waals surface area contributed by atoms with Crippen LogP contribution >= 0.6 is 0 Å². The average molecular weight is 503 g/mol. The number of nitrogens with one attached hydrogen (secondary N) is 4. The molecule has 0 fully saturated rings. The van der Waals surface area contributed by atoms with Gasteiger partial charge in [0.1, 0.15) is 23.9 Å². The van der Waals surface area contributed by atoms with Crippen molar-refractivity contribution < 1.29 is 29.4 Å². The fourth-order valence-electron chi connectivity index (χ4n) is 3.42. The van der Waals surface area contributed by atoms with E-state index in [0.29, 0.717) is 17.7 Å². The number of aromatic amines is 1. The summed E-state index contributed by atoms with van der Waals surface area (Å²) in [6.07, 6.45) is 3.79. The minimum absolute atomic E-state index is 0.0121. The van der Waals surface area contributed by atoms with E-state index in [2.05, 4.69) is 25.9 Å². The van der Waals surface area contributed by atoms with Gasteiger partial charge in [-0.1, -0.05) is 32.4 Å². The molecular weight excluding hydrogens is 468 g/mol. The maximum Gasteiger partial charge on any atom is 0.326 e. The fourth-order valence-corrected chi connectivity index (χ4v) is 3.42. The zero-order valence-electron chi connectivity index (χ0n) is 20.5. The number of H-pyrrole nitrogens is 1. The maximum absolute atomic E-state index is 13.0. The number of aliphatic carboxylic acids is 1. The Hall–Kier alpha value is -3.93. The Labute approximate surface area is 209 Å². The van der Waals surface area contributed by atoms with Gasteiger partial charge < -0.3 is 36.9 Å². The number of amides is 3. The second kappa shape index (κ2) is 13.2. The average Bonchev–Trinajstić information content (AvgIpc) is 3.35. The lowest BCUT2D eigenvalue weighted by molar-refractivity contribution is -0.142. The number of carboxylic acid groups (broad SMARTS) is 1. The molecule has 3 amide bonds. The summed E-state index contributed by atoms with van der Waals surface area (Å²) >= 11 is 0. The van der Waals surface area contributed by atoms with Crippen LogP contribution < -0.4 is 21.7 Å². The third kappa shape index (κ3) is 8.38. The van der Waals surface area contributed by atoms with Crippen molar-refractivity contribution in [3.63, 3.8) is 0 Å². The Morgan fingerprint density at radius 2 is 1.67 bits per heavy atom. The monoisotopic (exact) mass is 502 g/mol. The number of rotatable bonds is 13. The number of nitrogens with zero attached hydrogens (tertiary/aromatic N) is 1. The van der Waals surface area contributed by atoms with E-state index < -0.39 is 47.9 Å². The molecule has 12 nitrogen and oxygen atoms in total. The van der Waals surface area contributed by atoms with Crippen molar-refractivity contribution in [2.45, 2.75) is 64.2 Å². The number of aromatic nitrogens is 2. The molecule has 0 aliphatic heterocycles. The van der Waals surface area contributed by atoms with Crippen LogP contribution in [0.15, 0.2) is 36.8 Å². The van der Waals surface area contributed by atoms with Gasteiger partial charge in [-0.15, -0.1) is 0 Å². The molecule has 0 saturated carbocycles. The van der Waals surface area contributed by atoms with E-state index in [1.165, 1.54) is 25.4 Å². The molecule has 36 heavy (non-hydrogen) atoms. The number of aromatic hydroxyl groups is 1. The first-order valence-corrected chi connectivity index (χ1v) is 11.7. The lowest BCUT2D eigenvalue weighted by atomic mass is 9.97. The first-order valence-electron chi connectivity index (χ1n) is 11.7. The summed E-state index contributed by atoms with van der Waals surface area (Å²) in [5, 5.41) is 26.5. The van der Waals surface area contributed by atoms with Gasteiger partial charge in [0.25, 0.3) is 0 Å². The van der Waals surface area contributed by atoms with Gasteiger partial charge in [0, 0.05) is 24.7 Å². The van der Waals surface area contributed by atoms with Crippen LogP contribution in [0.1, 0.15) is 38.4 Å². The predicted octanol–water partition coefficient (Wildman–Crippen LogP) is -0.167. The van der Waals surface area contributed by atoms with Crippen LogP contribution in [-0.4, -0.2) is 68.0 Å². The molecular formula is C24H34N6O6. The number of carboxylic acids is 1. The molecule has 0 aliphatic rings. The Kier molecular flexibility index (Phi) is 10.4. The minimum Gasteiger partial charge on any atom is -0.508 e. The van der Waals surface area contributed by atoms with Crippen LogP contribution in [0.2, 0.25) is 0 Å². The largest absolute Gasteiger partial charge is 0.508 e. The number of carbonyl (C=O) groups excluding carboxylic acids is 3. The van der Waals surface area contributed by atoms with E-state index in [-0.39, 0.29) is 24.5 Å².